The highest BCUT2D eigenvalue weighted by atomic mass is 79.9. The molecule has 0 aliphatic heterocycles. The molecule has 1 saturated carbocycles. The first-order valence-corrected chi connectivity index (χ1v) is 8.03. The Balaban J connectivity index is 1.92. The van der Waals surface area contributed by atoms with Crippen LogP contribution in [0.2, 0.25) is 0 Å². The minimum absolute atomic E-state index is 0.0658. The number of hydrogen-bond donors (Lipinski definition) is 2. The number of benzene rings is 1. The van der Waals surface area contributed by atoms with Gasteiger partial charge in [-0.3, -0.25) is 20.4 Å². The number of rotatable bonds is 3. The van der Waals surface area contributed by atoms with E-state index in [9.17, 15) is 9.59 Å². The molecular weight excluding hydrogens is 344 g/mol. The maximum Gasteiger partial charge on any atom is 0.269 e. The van der Waals surface area contributed by atoms with E-state index in [-0.39, 0.29) is 29.1 Å². The van der Waals surface area contributed by atoms with Gasteiger partial charge in [0.1, 0.15) is 0 Å². The van der Waals surface area contributed by atoms with Crippen molar-refractivity contribution in [1.29, 1.82) is 0 Å². The molecule has 0 aromatic heterocycles. The van der Waals surface area contributed by atoms with Crippen LogP contribution in [0, 0.1) is 17.3 Å². The Kier molecular flexibility index (Phi) is 4.75. The van der Waals surface area contributed by atoms with Gasteiger partial charge in [-0.2, -0.15) is 0 Å². The lowest BCUT2D eigenvalue weighted by atomic mass is 10.1. The molecule has 0 spiro atoms. The normalized spacial score (nSPS) is 21.7. The van der Waals surface area contributed by atoms with E-state index >= 15 is 0 Å². The highest BCUT2D eigenvalue weighted by Crippen LogP contribution is 2.59. The number of halogens is 1. The number of carbonyl (C=O) groups excluding carboxylic acids is 2. The fraction of sp³-hybridized carbons (Fsp3) is 0.412. The van der Waals surface area contributed by atoms with E-state index < -0.39 is 0 Å². The summed E-state index contributed by atoms with van der Waals surface area (Å²) in [6, 6.07) is 6.95. The van der Waals surface area contributed by atoms with E-state index in [1.807, 2.05) is 13.8 Å². The molecule has 2 N–H and O–H groups in total. The van der Waals surface area contributed by atoms with E-state index in [2.05, 4.69) is 46.7 Å². The van der Waals surface area contributed by atoms with E-state index in [0.29, 0.717) is 5.56 Å². The summed E-state index contributed by atoms with van der Waals surface area (Å²) in [6.07, 6.45) is 2.13. The molecule has 1 aliphatic rings. The second-order valence-corrected chi connectivity index (χ2v) is 7.43. The van der Waals surface area contributed by atoms with Gasteiger partial charge >= 0.3 is 0 Å². The van der Waals surface area contributed by atoms with Crippen molar-refractivity contribution in [3.63, 3.8) is 0 Å². The predicted molar refractivity (Wildman–Crippen MR) is 89.9 cm³/mol. The standard InChI is InChI=1S/C17H21BrN2O2/c1-10(2)9-13-14(17(13,3)4)16(22)20-19-15(21)11-5-7-12(18)8-6-11/h5-9,13-14H,1-4H3,(H,19,21)(H,20,22). The summed E-state index contributed by atoms with van der Waals surface area (Å²) in [6.45, 7) is 8.19. The molecule has 0 bridgehead atoms. The Bertz CT molecular complexity index is 616. The van der Waals surface area contributed by atoms with Crippen molar-refractivity contribution < 1.29 is 9.59 Å². The minimum atomic E-state index is -0.321. The fourth-order valence-corrected chi connectivity index (χ4v) is 2.98. The largest absolute Gasteiger partial charge is 0.273 e. The summed E-state index contributed by atoms with van der Waals surface area (Å²) in [4.78, 5) is 24.2. The summed E-state index contributed by atoms with van der Waals surface area (Å²) in [5, 5.41) is 0. The molecule has 2 amide bonds. The molecule has 2 rings (SSSR count). The zero-order chi connectivity index (χ0) is 16.5. The van der Waals surface area contributed by atoms with Gasteiger partial charge in [0, 0.05) is 10.0 Å². The molecule has 1 aromatic carbocycles. The lowest BCUT2D eigenvalue weighted by Crippen LogP contribution is -2.43. The van der Waals surface area contributed by atoms with Crippen LogP contribution in [0.5, 0.6) is 0 Å². The first-order chi connectivity index (χ1) is 10.2. The Morgan fingerprint density at radius 3 is 2.27 bits per heavy atom. The van der Waals surface area contributed by atoms with Gasteiger partial charge in [0.05, 0.1) is 5.92 Å². The van der Waals surface area contributed by atoms with E-state index in [1.165, 1.54) is 5.57 Å². The maximum atomic E-state index is 12.2. The molecule has 1 aromatic rings. The average molecular weight is 365 g/mol. The first-order valence-electron chi connectivity index (χ1n) is 7.24. The Hall–Kier alpha value is -1.62. The Morgan fingerprint density at radius 1 is 1.14 bits per heavy atom. The molecule has 22 heavy (non-hydrogen) atoms. The smallest absolute Gasteiger partial charge is 0.269 e. The van der Waals surface area contributed by atoms with Crippen LogP contribution in [0.1, 0.15) is 38.1 Å². The lowest BCUT2D eigenvalue weighted by molar-refractivity contribution is -0.123. The van der Waals surface area contributed by atoms with Crippen LogP contribution < -0.4 is 10.9 Å². The van der Waals surface area contributed by atoms with Gasteiger partial charge in [-0.1, -0.05) is 41.4 Å². The Morgan fingerprint density at radius 2 is 1.73 bits per heavy atom. The molecule has 2 unspecified atom stereocenters. The zero-order valence-corrected chi connectivity index (χ0v) is 14.8. The van der Waals surface area contributed by atoms with Crippen LogP contribution in [0.3, 0.4) is 0 Å². The highest BCUT2D eigenvalue weighted by Gasteiger charge is 2.60. The fourth-order valence-electron chi connectivity index (χ4n) is 2.72. The number of carbonyl (C=O) groups is 2. The predicted octanol–water partition coefficient (Wildman–Crippen LogP) is 3.45. The monoisotopic (exact) mass is 364 g/mol. The minimum Gasteiger partial charge on any atom is -0.273 e. The molecule has 4 nitrogen and oxygen atoms in total. The van der Waals surface area contributed by atoms with Crippen molar-refractivity contribution in [3.05, 3.63) is 46.0 Å². The van der Waals surface area contributed by atoms with Crippen molar-refractivity contribution in [2.45, 2.75) is 27.7 Å². The van der Waals surface area contributed by atoms with Crippen molar-refractivity contribution in [1.82, 2.24) is 10.9 Å². The van der Waals surface area contributed by atoms with Gasteiger partial charge in [0.15, 0.2) is 0 Å². The van der Waals surface area contributed by atoms with Gasteiger partial charge in [0.25, 0.3) is 5.91 Å². The molecule has 1 fully saturated rings. The lowest BCUT2D eigenvalue weighted by Gasteiger charge is -2.08. The number of hydrazine groups is 1. The van der Waals surface area contributed by atoms with Crippen molar-refractivity contribution in [3.8, 4) is 0 Å². The molecule has 0 saturated heterocycles. The molecule has 1 aliphatic carbocycles. The van der Waals surface area contributed by atoms with E-state index in [4.69, 9.17) is 0 Å². The number of amides is 2. The van der Waals surface area contributed by atoms with Crippen LogP contribution >= 0.6 is 15.9 Å². The van der Waals surface area contributed by atoms with Crippen molar-refractivity contribution in [2.24, 2.45) is 17.3 Å². The summed E-state index contributed by atoms with van der Waals surface area (Å²) in [5.74, 6) is -0.342. The van der Waals surface area contributed by atoms with Gasteiger partial charge < -0.3 is 0 Å². The topological polar surface area (TPSA) is 58.2 Å². The SMILES string of the molecule is CC(C)=CC1C(C(=O)NNC(=O)c2ccc(Br)cc2)C1(C)C. The van der Waals surface area contributed by atoms with Crippen LogP contribution in [-0.4, -0.2) is 11.8 Å². The third-order valence-corrected chi connectivity index (χ3v) is 4.64. The van der Waals surface area contributed by atoms with Gasteiger partial charge in [-0.25, -0.2) is 0 Å². The maximum absolute atomic E-state index is 12.2. The van der Waals surface area contributed by atoms with Crippen LogP contribution in [0.25, 0.3) is 0 Å². The molecule has 0 radical (unpaired) electrons. The van der Waals surface area contributed by atoms with Crippen molar-refractivity contribution >= 4 is 27.7 Å². The molecular formula is C17H21BrN2O2. The van der Waals surface area contributed by atoms with E-state index in [0.717, 1.165) is 4.47 Å². The van der Waals surface area contributed by atoms with Gasteiger partial charge in [0.2, 0.25) is 5.91 Å². The highest BCUT2D eigenvalue weighted by molar-refractivity contribution is 9.10. The molecule has 5 heteroatoms. The van der Waals surface area contributed by atoms with Crippen LogP contribution in [-0.2, 0) is 4.79 Å². The summed E-state index contributed by atoms with van der Waals surface area (Å²) in [5.41, 5.74) is 6.65. The van der Waals surface area contributed by atoms with Gasteiger partial charge in [-0.15, -0.1) is 0 Å². The first kappa shape index (κ1) is 16.7. The summed E-state index contributed by atoms with van der Waals surface area (Å²) < 4.78 is 0.900. The Labute approximate surface area is 139 Å². The molecule has 0 heterocycles. The zero-order valence-electron chi connectivity index (χ0n) is 13.2. The number of nitrogens with one attached hydrogen (secondary N) is 2. The third kappa shape index (κ3) is 3.58. The quantitative estimate of drug-likeness (QED) is 0.637. The van der Waals surface area contributed by atoms with Crippen molar-refractivity contribution in [2.75, 3.05) is 0 Å². The van der Waals surface area contributed by atoms with Crippen LogP contribution in [0.4, 0.5) is 0 Å². The van der Waals surface area contributed by atoms with Crippen LogP contribution in [0.15, 0.2) is 40.4 Å². The second-order valence-electron chi connectivity index (χ2n) is 6.52. The summed E-state index contributed by atoms with van der Waals surface area (Å²) in [7, 11) is 0. The molecule has 2 atom stereocenters. The number of hydrogen-bond acceptors (Lipinski definition) is 2. The summed E-state index contributed by atoms with van der Waals surface area (Å²) >= 11 is 3.32. The second kappa shape index (κ2) is 6.24. The third-order valence-electron chi connectivity index (χ3n) is 4.11. The molecule has 118 valence electrons. The van der Waals surface area contributed by atoms with Gasteiger partial charge in [-0.05, 0) is 49.4 Å². The van der Waals surface area contributed by atoms with E-state index in [1.54, 1.807) is 24.3 Å². The average Bonchev–Trinajstić information content (AvgIpc) is 2.96. The number of allylic oxidation sites excluding steroid dienone is 2.